The van der Waals surface area contributed by atoms with Crippen LogP contribution in [0.4, 0.5) is 0 Å². The molecule has 0 spiro atoms. The third-order valence-electron chi connectivity index (χ3n) is 2.86. The first kappa shape index (κ1) is 14.3. The van der Waals surface area contributed by atoms with Crippen molar-refractivity contribution in [3.8, 4) is 0 Å². The van der Waals surface area contributed by atoms with Gasteiger partial charge < -0.3 is 14.5 Å². The van der Waals surface area contributed by atoms with Crippen molar-refractivity contribution in [2.24, 2.45) is 0 Å². The van der Waals surface area contributed by atoms with Crippen molar-refractivity contribution in [3.63, 3.8) is 0 Å². The molecule has 0 aliphatic heterocycles. The Morgan fingerprint density at radius 3 is 2.65 bits per heavy atom. The van der Waals surface area contributed by atoms with Gasteiger partial charge in [0.1, 0.15) is 18.1 Å². The second-order valence-corrected chi connectivity index (χ2v) is 4.86. The minimum Gasteiger partial charge on any atom is -0.464 e. The van der Waals surface area contributed by atoms with Gasteiger partial charge in [0.25, 0.3) is 0 Å². The van der Waals surface area contributed by atoms with E-state index in [2.05, 4.69) is 39.1 Å². The van der Waals surface area contributed by atoms with Gasteiger partial charge in [-0.25, -0.2) is 0 Å². The molecule has 0 amide bonds. The quantitative estimate of drug-likeness (QED) is 0.792. The van der Waals surface area contributed by atoms with E-state index in [0.29, 0.717) is 12.6 Å². The first-order valence-corrected chi connectivity index (χ1v) is 6.46. The van der Waals surface area contributed by atoms with Crippen molar-refractivity contribution in [1.29, 1.82) is 0 Å². The fourth-order valence-corrected chi connectivity index (χ4v) is 1.49. The Balaban J connectivity index is 2.49. The molecule has 17 heavy (non-hydrogen) atoms. The molecule has 0 aromatic carbocycles. The molecular weight excluding hydrogens is 214 g/mol. The minimum atomic E-state index is 0.289. The van der Waals surface area contributed by atoms with Gasteiger partial charge in [-0.2, -0.15) is 0 Å². The second-order valence-electron chi connectivity index (χ2n) is 4.86. The first-order chi connectivity index (χ1) is 8.02. The molecule has 3 heteroatoms. The molecule has 1 N–H and O–H groups in total. The maximum atomic E-state index is 5.68. The summed E-state index contributed by atoms with van der Waals surface area (Å²) >= 11 is 0. The van der Waals surface area contributed by atoms with Crippen molar-refractivity contribution in [2.75, 3.05) is 0 Å². The van der Waals surface area contributed by atoms with Gasteiger partial charge in [0.15, 0.2) is 0 Å². The number of hydrogen-bond donors (Lipinski definition) is 1. The van der Waals surface area contributed by atoms with Crippen LogP contribution in [0.1, 0.15) is 51.2 Å². The zero-order chi connectivity index (χ0) is 12.8. The van der Waals surface area contributed by atoms with Gasteiger partial charge in [-0.15, -0.1) is 0 Å². The van der Waals surface area contributed by atoms with Crippen molar-refractivity contribution >= 4 is 0 Å². The molecule has 0 radical (unpaired) electrons. The summed E-state index contributed by atoms with van der Waals surface area (Å²) in [7, 11) is 0. The highest BCUT2D eigenvalue weighted by atomic mass is 16.5. The molecule has 1 rings (SSSR count). The zero-order valence-electron chi connectivity index (χ0n) is 11.7. The predicted molar refractivity (Wildman–Crippen MR) is 70.0 cm³/mol. The number of ether oxygens (including phenoxy) is 1. The highest BCUT2D eigenvalue weighted by Gasteiger charge is 2.09. The fraction of sp³-hybridized carbons (Fsp3) is 0.714. The normalized spacial score (nSPS) is 13.3. The Hall–Kier alpha value is -0.800. The summed E-state index contributed by atoms with van der Waals surface area (Å²) in [6.07, 6.45) is 1.32. The van der Waals surface area contributed by atoms with Crippen molar-refractivity contribution in [3.05, 3.63) is 23.2 Å². The minimum absolute atomic E-state index is 0.289. The number of furan rings is 1. The van der Waals surface area contributed by atoms with Crippen LogP contribution in [0, 0.1) is 6.92 Å². The molecular formula is C14H25NO2. The van der Waals surface area contributed by atoms with E-state index in [0.717, 1.165) is 24.5 Å². The largest absolute Gasteiger partial charge is 0.464 e. The van der Waals surface area contributed by atoms with Crippen LogP contribution in [0.5, 0.6) is 0 Å². The van der Waals surface area contributed by atoms with E-state index >= 15 is 0 Å². The molecule has 0 aliphatic carbocycles. The maximum Gasteiger partial charge on any atom is 0.130 e. The summed E-state index contributed by atoms with van der Waals surface area (Å²) in [5, 5.41) is 3.39. The van der Waals surface area contributed by atoms with Crippen LogP contribution in [0.15, 0.2) is 10.5 Å². The van der Waals surface area contributed by atoms with Gasteiger partial charge in [0, 0.05) is 18.2 Å². The number of hydrogen-bond acceptors (Lipinski definition) is 3. The fourth-order valence-electron chi connectivity index (χ4n) is 1.49. The third kappa shape index (κ3) is 4.92. The molecule has 0 saturated carbocycles. The lowest BCUT2D eigenvalue weighted by Crippen LogP contribution is -2.21. The Bertz CT molecular complexity index is 331. The Labute approximate surface area is 105 Å². The lowest BCUT2D eigenvalue weighted by Gasteiger charge is -2.08. The molecule has 1 atom stereocenters. The summed E-state index contributed by atoms with van der Waals surface area (Å²) in [4.78, 5) is 0. The van der Waals surface area contributed by atoms with E-state index in [1.807, 2.05) is 6.92 Å². The molecule has 0 saturated heterocycles. The average molecular weight is 239 g/mol. The van der Waals surface area contributed by atoms with Crippen LogP contribution >= 0.6 is 0 Å². The molecule has 0 aliphatic rings. The number of nitrogens with one attached hydrogen (secondary N) is 1. The molecule has 1 aromatic heterocycles. The number of aryl methyl sites for hydroxylation is 1. The summed E-state index contributed by atoms with van der Waals surface area (Å²) < 4.78 is 11.3. The highest BCUT2D eigenvalue weighted by Crippen LogP contribution is 2.16. The Kier molecular flexibility index (Phi) is 5.72. The van der Waals surface area contributed by atoms with E-state index in [-0.39, 0.29) is 6.10 Å². The molecule has 0 bridgehead atoms. The second kappa shape index (κ2) is 6.82. The average Bonchev–Trinajstić information content (AvgIpc) is 2.64. The summed E-state index contributed by atoms with van der Waals surface area (Å²) in [5.41, 5.74) is 1.22. The van der Waals surface area contributed by atoms with Gasteiger partial charge >= 0.3 is 0 Å². The molecule has 1 unspecified atom stereocenters. The molecule has 1 aromatic rings. The number of rotatable bonds is 7. The van der Waals surface area contributed by atoms with Crippen LogP contribution in [0.3, 0.4) is 0 Å². The lowest BCUT2D eigenvalue weighted by atomic mass is 10.2. The SMILES string of the molecule is CCC(C)OCc1cc(CNC(C)C)c(C)o1. The van der Waals surface area contributed by atoms with Crippen molar-refractivity contribution in [1.82, 2.24) is 5.32 Å². The molecule has 3 nitrogen and oxygen atoms in total. The van der Waals surface area contributed by atoms with Gasteiger partial charge in [0.2, 0.25) is 0 Å². The van der Waals surface area contributed by atoms with Crippen LogP contribution in [0.2, 0.25) is 0 Å². The summed E-state index contributed by atoms with van der Waals surface area (Å²) in [6.45, 7) is 11.9. The Morgan fingerprint density at radius 2 is 2.06 bits per heavy atom. The van der Waals surface area contributed by atoms with Crippen molar-refractivity contribution in [2.45, 2.75) is 66.3 Å². The Morgan fingerprint density at radius 1 is 1.35 bits per heavy atom. The van der Waals surface area contributed by atoms with Crippen LogP contribution in [-0.2, 0) is 17.9 Å². The van der Waals surface area contributed by atoms with Gasteiger partial charge in [-0.1, -0.05) is 20.8 Å². The highest BCUT2D eigenvalue weighted by molar-refractivity contribution is 5.20. The van der Waals surface area contributed by atoms with Crippen LogP contribution in [-0.4, -0.2) is 12.1 Å². The third-order valence-corrected chi connectivity index (χ3v) is 2.86. The summed E-state index contributed by atoms with van der Waals surface area (Å²) in [6, 6.07) is 2.58. The lowest BCUT2D eigenvalue weighted by molar-refractivity contribution is 0.0403. The zero-order valence-corrected chi connectivity index (χ0v) is 11.7. The van der Waals surface area contributed by atoms with Gasteiger partial charge in [0.05, 0.1) is 6.10 Å². The standard InChI is InChI=1S/C14H25NO2/c1-6-11(4)16-9-14-7-13(12(5)17-14)8-15-10(2)3/h7,10-11,15H,6,8-9H2,1-5H3. The predicted octanol–water partition coefficient (Wildman–Crippen LogP) is 3.40. The van der Waals surface area contributed by atoms with Crippen molar-refractivity contribution < 1.29 is 9.15 Å². The van der Waals surface area contributed by atoms with E-state index in [4.69, 9.17) is 9.15 Å². The van der Waals surface area contributed by atoms with E-state index in [9.17, 15) is 0 Å². The van der Waals surface area contributed by atoms with E-state index in [1.54, 1.807) is 0 Å². The van der Waals surface area contributed by atoms with Crippen LogP contribution in [0.25, 0.3) is 0 Å². The maximum absolute atomic E-state index is 5.68. The monoisotopic (exact) mass is 239 g/mol. The van der Waals surface area contributed by atoms with Gasteiger partial charge in [-0.05, 0) is 26.3 Å². The molecule has 0 fully saturated rings. The van der Waals surface area contributed by atoms with E-state index < -0.39 is 0 Å². The summed E-state index contributed by atoms with van der Waals surface area (Å²) in [5.74, 6) is 1.91. The first-order valence-electron chi connectivity index (χ1n) is 6.46. The van der Waals surface area contributed by atoms with Gasteiger partial charge in [-0.3, -0.25) is 0 Å². The smallest absolute Gasteiger partial charge is 0.130 e. The molecule has 98 valence electrons. The topological polar surface area (TPSA) is 34.4 Å². The van der Waals surface area contributed by atoms with E-state index in [1.165, 1.54) is 5.56 Å². The molecule has 1 heterocycles. The van der Waals surface area contributed by atoms with Crippen LogP contribution < -0.4 is 5.32 Å².